The molecule has 7 heteroatoms. The van der Waals surface area contributed by atoms with Crippen molar-refractivity contribution >= 4 is 29.0 Å². The average Bonchev–Trinajstić information content (AvgIpc) is 2.83. The first-order chi connectivity index (χ1) is 12.9. The molecule has 1 aliphatic rings. The third-order valence-electron chi connectivity index (χ3n) is 4.44. The molecule has 27 heavy (non-hydrogen) atoms. The van der Waals surface area contributed by atoms with Crippen molar-refractivity contribution in [2.24, 2.45) is 0 Å². The number of hydrogen-bond donors (Lipinski definition) is 1. The van der Waals surface area contributed by atoms with Gasteiger partial charge < -0.3 is 19.5 Å². The lowest BCUT2D eigenvalue weighted by Crippen LogP contribution is -2.43. The highest BCUT2D eigenvalue weighted by atomic mass is 35.5. The molecule has 1 heterocycles. The van der Waals surface area contributed by atoms with Crippen LogP contribution in [-0.2, 0) is 15.2 Å². The van der Waals surface area contributed by atoms with E-state index in [0.717, 1.165) is 0 Å². The lowest BCUT2D eigenvalue weighted by Gasteiger charge is -2.22. The Labute approximate surface area is 162 Å². The molecule has 0 radical (unpaired) electrons. The highest BCUT2D eigenvalue weighted by molar-refractivity contribution is 6.31. The average molecular weight is 390 g/mol. The summed E-state index contributed by atoms with van der Waals surface area (Å²) >= 11 is 6.04. The molecule has 1 atom stereocenters. The van der Waals surface area contributed by atoms with Gasteiger partial charge in [-0.15, -0.1) is 0 Å². The summed E-state index contributed by atoms with van der Waals surface area (Å²) in [5.41, 5.74) is -1.04. The second kappa shape index (κ2) is 7.58. The predicted molar refractivity (Wildman–Crippen MR) is 101 cm³/mol. The van der Waals surface area contributed by atoms with Gasteiger partial charge in [-0.1, -0.05) is 23.7 Å². The molecule has 0 aromatic heterocycles. The number of carbonyl (C=O) groups excluding carboxylic acids is 2. The minimum Gasteiger partial charge on any atom is -0.493 e. The highest BCUT2D eigenvalue weighted by Gasteiger charge is 2.50. The van der Waals surface area contributed by atoms with E-state index in [-0.39, 0.29) is 25.4 Å². The highest BCUT2D eigenvalue weighted by Crippen LogP contribution is 2.43. The van der Waals surface area contributed by atoms with Gasteiger partial charge in [0.25, 0.3) is 5.91 Å². The van der Waals surface area contributed by atoms with Gasteiger partial charge in [0.15, 0.2) is 17.1 Å². The van der Waals surface area contributed by atoms with Gasteiger partial charge in [-0.25, -0.2) is 0 Å². The van der Waals surface area contributed by atoms with Crippen molar-refractivity contribution in [1.82, 2.24) is 0 Å². The second-order valence-corrected chi connectivity index (χ2v) is 6.79. The van der Waals surface area contributed by atoms with E-state index >= 15 is 0 Å². The minimum absolute atomic E-state index is 0.185. The van der Waals surface area contributed by atoms with Gasteiger partial charge in [-0.05, 0) is 37.3 Å². The number of ether oxygens (including phenoxy) is 2. The van der Waals surface area contributed by atoms with Crippen LogP contribution in [0.1, 0.15) is 18.9 Å². The van der Waals surface area contributed by atoms with Gasteiger partial charge in [-0.3, -0.25) is 9.59 Å². The molecule has 1 N–H and O–H groups in total. The van der Waals surface area contributed by atoms with Crippen LogP contribution in [-0.4, -0.2) is 37.1 Å². The molecule has 6 nitrogen and oxygen atoms in total. The van der Waals surface area contributed by atoms with E-state index in [1.165, 1.54) is 17.9 Å². The van der Waals surface area contributed by atoms with Gasteiger partial charge in [-0.2, -0.15) is 0 Å². The molecule has 2 aromatic rings. The van der Waals surface area contributed by atoms with Crippen LogP contribution in [0.15, 0.2) is 42.5 Å². The number of aliphatic hydroxyl groups is 1. The van der Waals surface area contributed by atoms with E-state index in [4.69, 9.17) is 21.1 Å². The van der Waals surface area contributed by atoms with Crippen molar-refractivity contribution in [3.05, 3.63) is 53.1 Å². The van der Waals surface area contributed by atoms with Gasteiger partial charge in [0.2, 0.25) is 0 Å². The monoisotopic (exact) mass is 389 g/mol. The quantitative estimate of drug-likeness (QED) is 0.787. The van der Waals surface area contributed by atoms with Gasteiger partial charge in [0.1, 0.15) is 12.4 Å². The van der Waals surface area contributed by atoms with Crippen molar-refractivity contribution in [3.8, 4) is 11.5 Å². The third-order valence-corrected chi connectivity index (χ3v) is 4.68. The Bertz CT molecular complexity index is 884. The first-order valence-electron chi connectivity index (χ1n) is 8.46. The Balaban J connectivity index is 1.82. The van der Waals surface area contributed by atoms with Crippen molar-refractivity contribution in [2.75, 3.05) is 25.2 Å². The lowest BCUT2D eigenvalue weighted by atomic mass is 9.90. The van der Waals surface area contributed by atoms with Crippen LogP contribution in [0.5, 0.6) is 11.5 Å². The molecular formula is C20H20ClNO5. The van der Waals surface area contributed by atoms with Gasteiger partial charge >= 0.3 is 0 Å². The van der Waals surface area contributed by atoms with E-state index in [1.807, 2.05) is 12.1 Å². The Morgan fingerprint density at radius 2 is 1.93 bits per heavy atom. The Kier molecular flexibility index (Phi) is 5.39. The Morgan fingerprint density at radius 3 is 2.59 bits per heavy atom. The number of fused-ring (bicyclic) bond motifs is 1. The molecule has 0 bridgehead atoms. The number of carbonyl (C=O) groups is 2. The number of benzene rings is 2. The maximum Gasteiger partial charge on any atom is 0.264 e. The van der Waals surface area contributed by atoms with Crippen molar-refractivity contribution in [3.63, 3.8) is 0 Å². The third kappa shape index (κ3) is 3.63. The molecule has 1 amide bonds. The number of rotatable bonds is 7. The van der Waals surface area contributed by atoms with Gasteiger partial charge in [0.05, 0.1) is 19.3 Å². The molecule has 142 valence electrons. The van der Waals surface area contributed by atoms with E-state index < -0.39 is 11.5 Å². The van der Waals surface area contributed by atoms with Crippen LogP contribution in [0, 0.1) is 0 Å². The zero-order valence-corrected chi connectivity index (χ0v) is 15.8. The van der Waals surface area contributed by atoms with E-state index in [0.29, 0.717) is 27.8 Å². The van der Waals surface area contributed by atoms with Crippen LogP contribution >= 0.6 is 11.6 Å². The van der Waals surface area contributed by atoms with Crippen LogP contribution < -0.4 is 14.4 Å². The molecule has 1 aliphatic heterocycles. The standard InChI is InChI=1S/C20H20ClNO5/c1-13(23)12-20(25)15-11-14(21)7-8-16(15)22(19(20)24)9-10-27-18-6-4-3-5-17(18)26-2/h3-8,11,25H,9-10,12H2,1-2H3/t20-/m1/s1. The number of para-hydroxylation sites is 2. The summed E-state index contributed by atoms with van der Waals surface area (Å²) in [4.78, 5) is 25.9. The Morgan fingerprint density at radius 1 is 1.22 bits per heavy atom. The van der Waals surface area contributed by atoms with E-state index in [2.05, 4.69) is 0 Å². The maximum atomic E-state index is 12.9. The van der Waals surface area contributed by atoms with Crippen molar-refractivity contribution in [1.29, 1.82) is 0 Å². The SMILES string of the molecule is COc1ccccc1OCCN1C(=O)[C@@](O)(CC(C)=O)c2cc(Cl)ccc21. The minimum atomic E-state index is -1.91. The summed E-state index contributed by atoms with van der Waals surface area (Å²) < 4.78 is 11.0. The zero-order valence-electron chi connectivity index (χ0n) is 15.1. The van der Waals surface area contributed by atoms with Gasteiger partial charge in [0, 0.05) is 17.0 Å². The predicted octanol–water partition coefficient (Wildman–Crippen LogP) is 2.94. The number of amides is 1. The zero-order chi connectivity index (χ0) is 19.6. The number of halogens is 1. The molecule has 0 unspecified atom stereocenters. The normalized spacial score (nSPS) is 18.4. The summed E-state index contributed by atoms with van der Waals surface area (Å²) in [7, 11) is 1.55. The van der Waals surface area contributed by atoms with E-state index in [9.17, 15) is 14.7 Å². The first-order valence-corrected chi connectivity index (χ1v) is 8.84. The molecule has 0 spiro atoms. The lowest BCUT2D eigenvalue weighted by molar-refractivity contribution is -0.141. The Hall–Kier alpha value is -2.57. The van der Waals surface area contributed by atoms with Crippen LogP contribution in [0.25, 0.3) is 0 Å². The summed E-state index contributed by atoms with van der Waals surface area (Å²) in [5, 5.41) is 11.3. The number of methoxy groups -OCH3 is 1. The molecule has 2 aromatic carbocycles. The molecule has 0 saturated heterocycles. The second-order valence-electron chi connectivity index (χ2n) is 6.36. The number of anilines is 1. The van der Waals surface area contributed by atoms with Crippen molar-refractivity contribution in [2.45, 2.75) is 18.9 Å². The maximum absolute atomic E-state index is 12.9. The molecular weight excluding hydrogens is 370 g/mol. The molecule has 3 rings (SSSR count). The smallest absolute Gasteiger partial charge is 0.264 e. The summed E-state index contributed by atoms with van der Waals surface area (Å²) in [6.07, 6.45) is -0.303. The summed E-state index contributed by atoms with van der Waals surface area (Å²) in [6, 6.07) is 12.0. The fraction of sp³-hybridized carbons (Fsp3) is 0.300. The molecule has 0 fully saturated rings. The fourth-order valence-corrected chi connectivity index (χ4v) is 3.43. The van der Waals surface area contributed by atoms with E-state index in [1.54, 1.807) is 31.4 Å². The van der Waals surface area contributed by atoms with Crippen molar-refractivity contribution < 1.29 is 24.2 Å². The number of nitrogens with zero attached hydrogens (tertiary/aromatic N) is 1. The van der Waals surface area contributed by atoms with Crippen LogP contribution in [0.4, 0.5) is 5.69 Å². The largest absolute Gasteiger partial charge is 0.493 e. The van der Waals surface area contributed by atoms with Crippen LogP contribution in [0.3, 0.4) is 0 Å². The fourth-order valence-electron chi connectivity index (χ4n) is 3.26. The number of ketones is 1. The summed E-state index contributed by atoms with van der Waals surface area (Å²) in [5.74, 6) is 0.301. The number of Topliss-reactive ketones (excluding diaryl/α,β-unsaturated/α-hetero) is 1. The first kappa shape index (κ1) is 19.2. The molecule has 0 aliphatic carbocycles. The van der Waals surface area contributed by atoms with Crippen LogP contribution in [0.2, 0.25) is 5.02 Å². The topological polar surface area (TPSA) is 76.1 Å². The number of hydrogen-bond acceptors (Lipinski definition) is 5. The molecule has 0 saturated carbocycles. The summed E-state index contributed by atoms with van der Waals surface area (Å²) in [6.45, 7) is 1.72.